The lowest BCUT2D eigenvalue weighted by Gasteiger charge is -2.27. The maximum Gasteiger partial charge on any atom is 0.128 e. The zero-order chi connectivity index (χ0) is 10.5. The summed E-state index contributed by atoms with van der Waals surface area (Å²) >= 11 is 0. The fraction of sp³-hybridized carbons (Fsp3) is 0.583. The van der Waals surface area contributed by atoms with Gasteiger partial charge in [-0.3, -0.25) is 0 Å². The van der Waals surface area contributed by atoms with E-state index in [2.05, 4.69) is 22.0 Å². The van der Waals surface area contributed by atoms with Crippen LogP contribution in [0, 0.1) is 0 Å². The molecule has 0 amide bonds. The van der Waals surface area contributed by atoms with Gasteiger partial charge in [0.1, 0.15) is 5.82 Å². The SMILES string of the molecule is COCc1cccc(N2CCCCC2)n1. The molecule has 3 heteroatoms. The van der Waals surface area contributed by atoms with Crippen LogP contribution >= 0.6 is 0 Å². The van der Waals surface area contributed by atoms with Crippen molar-refractivity contribution in [2.24, 2.45) is 0 Å². The van der Waals surface area contributed by atoms with Crippen molar-refractivity contribution < 1.29 is 4.74 Å². The summed E-state index contributed by atoms with van der Waals surface area (Å²) in [5.74, 6) is 1.10. The van der Waals surface area contributed by atoms with Gasteiger partial charge < -0.3 is 9.64 Å². The van der Waals surface area contributed by atoms with Crippen molar-refractivity contribution in [2.45, 2.75) is 25.9 Å². The number of hydrogen-bond donors (Lipinski definition) is 0. The van der Waals surface area contributed by atoms with Gasteiger partial charge in [0.05, 0.1) is 12.3 Å². The average molecular weight is 206 g/mol. The van der Waals surface area contributed by atoms with E-state index in [1.165, 1.54) is 19.3 Å². The van der Waals surface area contributed by atoms with Gasteiger partial charge >= 0.3 is 0 Å². The molecule has 3 nitrogen and oxygen atoms in total. The number of aromatic nitrogens is 1. The van der Waals surface area contributed by atoms with Crippen LogP contribution in [0.25, 0.3) is 0 Å². The minimum Gasteiger partial charge on any atom is -0.378 e. The Kier molecular flexibility index (Phi) is 3.56. The molecule has 1 fully saturated rings. The van der Waals surface area contributed by atoms with E-state index < -0.39 is 0 Å². The summed E-state index contributed by atoms with van der Waals surface area (Å²) in [6, 6.07) is 6.16. The zero-order valence-electron chi connectivity index (χ0n) is 9.28. The Bertz CT molecular complexity index is 308. The van der Waals surface area contributed by atoms with Crippen molar-refractivity contribution in [1.29, 1.82) is 0 Å². The summed E-state index contributed by atoms with van der Waals surface area (Å²) in [6.45, 7) is 2.88. The smallest absolute Gasteiger partial charge is 0.128 e. The molecule has 15 heavy (non-hydrogen) atoms. The van der Waals surface area contributed by atoms with Gasteiger partial charge in [-0.25, -0.2) is 4.98 Å². The highest BCUT2D eigenvalue weighted by Crippen LogP contribution is 2.17. The van der Waals surface area contributed by atoms with Gasteiger partial charge in [0, 0.05) is 20.2 Å². The van der Waals surface area contributed by atoms with Crippen molar-refractivity contribution in [2.75, 3.05) is 25.1 Å². The second-order valence-corrected chi connectivity index (χ2v) is 3.97. The Morgan fingerprint density at radius 1 is 1.27 bits per heavy atom. The summed E-state index contributed by atoms with van der Waals surface area (Å²) in [5.41, 5.74) is 1.01. The maximum atomic E-state index is 5.09. The fourth-order valence-corrected chi connectivity index (χ4v) is 1.99. The molecule has 0 bridgehead atoms. The van der Waals surface area contributed by atoms with E-state index in [0.29, 0.717) is 6.61 Å². The quantitative estimate of drug-likeness (QED) is 0.758. The van der Waals surface area contributed by atoms with Crippen molar-refractivity contribution in [1.82, 2.24) is 4.98 Å². The van der Waals surface area contributed by atoms with Crippen LogP contribution in [0.5, 0.6) is 0 Å². The molecule has 82 valence electrons. The number of pyridine rings is 1. The number of ether oxygens (including phenoxy) is 1. The molecular weight excluding hydrogens is 188 g/mol. The highest BCUT2D eigenvalue weighted by Gasteiger charge is 2.11. The summed E-state index contributed by atoms with van der Waals surface area (Å²) in [4.78, 5) is 6.95. The molecule has 1 aromatic rings. The predicted octanol–water partition coefficient (Wildman–Crippen LogP) is 2.22. The van der Waals surface area contributed by atoms with Crippen LogP contribution < -0.4 is 4.90 Å². The van der Waals surface area contributed by atoms with Crippen LogP contribution in [0.3, 0.4) is 0 Å². The summed E-state index contributed by atoms with van der Waals surface area (Å²) in [7, 11) is 1.70. The standard InChI is InChI=1S/C12H18N2O/c1-15-10-11-6-5-7-12(13-11)14-8-3-2-4-9-14/h5-7H,2-4,8-10H2,1H3. The monoisotopic (exact) mass is 206 g/mol. The van der Waals surface area contributed by atoms with Crippen LogP contribution in [0.15, 0.2) is 18.2 Å². The Morgan fingerprint density at radius 3 is 2.80 bits per heavy atom. The zero-order valence-corrected chi connectivity index (χ0v) is 9.28. The molecule has 0 aromatic carbocycles. The summed E-state index contributed by atoms with van der Waals surface area (Å²) < 4.78 is 5.09. The van der Waals surface area contributed by atoms with Crippen LogP contribution in [-0.4, -0.2) is 25.2 Å². The normalized spacial score (nSPS) is 16.7. The molecular formula is C12H18N2O. The Balaban J connectivity index is 2.09. The number of anilines is 1. The van der Waals surface area contributed by atoms with E-state index in [1.807, 2.05) is 6.07 Å². The first kappa shape index (κ1) is 10.4. The molecule has 1 aliphatic heterocycles. The molecule has 0 aliphatic carbocycles. The third kappa shape index (κ3) is 2.69. The van der Waals surface area contributed by atoms with E-state index in [9.17, 15) is 0 Å². The van der Waals surface area contributed by atoms with E-state index in [-0.39, 0.29) is 0 Å². The second-order valence-electron chi connectivity index (χ2n) is 3.97. The summed E-state index contributed by atoms with van der Waals surface area (Å²) in [5, 5.41) is 0. The van der Waals surface area contributed by atoms with Gasteiger partial charge in [-0.15, -0.1) is 0 Å². The topological polar surface area (TPSA) is 25.4 Å². The molecule has 1 saturated heterocycles. The second kappa shape index (κ2) is 5.12. The third-order valence-electron chi connectivity index (χ3n) is 2.76. The van der Waals surface area contributed by atoms with Gasteiger partial charge in [0.25, 0.3) is 0 Å². The number of piperidine rings is 1. The highest BCUT2D eigenvalue weighted by molar-refractivity contribution is 5.39. The van der Waals surface area contributed by atoms with E-state index >= 15 is 0 Å². The molecule has 2 rings (SSSR count). The average Bonchev–Trinajstić information content (AvgIpc) is 2.31. The van der Waals surface area contributed by atoms with Crippen molar-refractivity contribution in [3.05, 3.63) is 23.9 Å². The number of rotatable bonds is 3. The minimum atomic E-state index is 0.599. The van der Waals surface area contributed by atoms with E-state index in [4.69, 9.17) is 4.74 Å². The fourth-order valence-electron chi connectivity index (χ4n) is 1.99. The first-order valence-electron chi connectivity index (χ1n) is 5.60. The van der Waals surface area contributed by atoms with Gasteiger partial charge in [0.15, 0.2) is 0 Å². The Hall–Kier alpha value is -1.09. The van der Waals surface area contributed by atoms with Crippen LogP contribution in [0.2, 0.25) is 0 Å². The molecule has 0 N–H and O–H groups in total. The largest absolute Gasteiger partial charge is 0.378 e. The Labute approximate surface area is 91.1 Å². The lowest BCUT2D eigenvalue weighted by Crippen LogP contribution is -2.30. The van der Waals surface area contributed by atoms with Crippen LogP contribution in [0.4, 0.5) is 5.82 Å². The van der Waals surface area contributed by atoms with Gasteiger partial charge in [-0.2, -0.15) is 0 Å². The van der Waals surface area contributed by atoms with E-state index in [0.717, 1.165) is 24.6 Å². The van der Waals surface area contributed by atoms with Crippen LogP contribution in [0.1, 0.15) is 25.0 Å². The molecule has 0 unspecified atom stereocenters. The maximum absolute atomic E-state index is 5.09. The van der Waals surface area contributed by atoms with Gasteiger partial charge in [-0.1, -0.05) is 6.07 Å². The van der Waals surface area contributed by atoms with Gasteiger partial charge in [-0.05, 0) is 31.4 Å². The Morgan fingerprint density at radius 2 is 2.07 bits per heavy atom. The van der Waals surface area contributed by atoms with Crippen molar-refractivity contribution in [3.8, 4) is 0 Å². The number of hydrogen-bond acceptors (Lipinski definition) is 3. The first-order chi connectivity index (χ1) is 7.40. The van der Waals surface area contributed by atoms with E-state index in [1.54, 1.807) is 7.11 Å². The lowest BCUT2D eigenvalue weighted by molar-refractivity contribution is 0.181. The lowest BCUT2D eigenvalue weighted by atomic mass is 10.1. The molecule has 1 aliphatic rings. The molecule has 2 heterocycles. The predicted molar refractivity (Wildman–Crippen MR) is 61.0 cm³/mol. The molecule has 0 spiro atoms. The molecule has 0 radical (unpaired) electrons. The van der Waals surface area contributed by atoms with Gasteiger partial charge in [0.2, 0.25) is 0 Å². The summed E-state index contributed by atoms with van der Waals surface area (Å²) in [6.07, 6.45) is 3.93. The third-order valence-corrected chi connectivity index (χ3v) is 2.76. The first-order valence-corrected chi connectivity index (χ1v) is 5.60. The number of methoxy groups -OCH3 is 1. The van der Waals surface area contributed by atoms with Crippen molar-refractivity contribution >= 4 is 5.82 Å². The van der Waals surface area contributed by atoms with Crippen molar-refractivity contribution in [3.63, 3.8) is 0 Å². The number of nitrogens with zero attached hydrogens (tertiary/aromatic N) is 2. The molecule has 1 aromatic heterocycles. The minimum absolute atomic E-state index is 0.599. The highest BCUT2D eigenvalue weighted by atomic mass is 16.5. The molecule has 0 saturated carbocycles. The van der Waals surface area contributed by atoms with Crippen LogP contribution in [-0.2, 0) is 11.3 Å². The molecule has 0 atom stereocenters.